The van der Waals surface area contributed by atoms with Crippen molar-refractivity contribution in [2.75, 3.05) is 57.3 Å². The van der Waals surface area contributed by atoms with Crippen LogP contribution in [-0.4, -0.2) is 104 Å². The number of hydrogen-bond donors (Lipinski definition) is 3. The lowest BCUT2D eigenvalue weighted by atomic mass is 9.62. The molecule has 0 bridgehead atoms. The number of likely N-dealkylation sites (N-methyl/N-ethyl adjacent to an activating group) is 1. The summed E-state index contributed by atoms with van der Waals surface area (Å²) in [4.78, 5) is 66.8. The molecule has 3 amide bonds. The van der Waals surface area contributed by atoms with Gasteiger partial charge in [0, 0.05) is 77.3 Å². The summed E-state index contributed by atoms with van der Waals surface area (Å²) < 4.78 is 24.4. The minimum atomic E-state index is -1.49. The zero-order chi connectivity index (χ0) is 56.6. The summed E-state index contributed by atoms with van der Waals surface area (Å²) in [6.07, 6.45) is 15.9. The Bertz CT molecular complexity index is 2960. The van der Waals surface area contributed by atoms with E-state index < -0.39 is 67.3 Å². The molecule has 2 atom stereocenters. The number of aromatic nitrogens is 2. The maximum absolute atomic E-state index is 13.8. The zero-order valence-corrected chi connectivity index (χ0v) is 48.0. The molecule has 7 rings (SSSR count). The van der Waals surface area contributed by atoms with Gasteiger partial charge in [0.2, 0.25) is 10.8 Å². The van der Waals surface area contributed by atoms with Gasteiger partial charge in [0.1, 0.15) is 38.9 Å². The van der Waals surface area contributed by atoms with Gasteiger partial charge in [-0.15, -0.1) is 10.2 Å². The first-order chi connectivity index (χ1) is 36.9. The lowest BCUT2D eigenvalue weighted by Crippen LogP contribution is -2.51. The summed E-state index contributed by atoms with van der Waals surface area (Å²) in [5.74, 6) is -2.38. The van der Waals surface area contributed by atoms with Crippen LogP contribution < -0.4 is 20.9 Å². The highest BCUT2D eigenvalue weighted by molar-refractivity contribution is 8.05. The Hall–Kier alpha value is -7.05. The van der Waals surface area contributed by atoms with Crippen LogP contribution in [0, 0.1) is 16.2 Å². The standard InChI is InChI=1S/C60H73N7O9S2/c1-13-48(68)73-35-60(36-74-49(69)14-2,37-75-50(70)15-3)38-76-54(72)61-34-59(10)32-41(31-56(4,5)33-59)62-52(71)63-53-64-65-55(78-53)77-51-39(27-29-46-57(6,7)42-23-16-18-25-44(42)66(46)11)21-20-22-40(51)28-30-47-58(8,9)43-24-17-19-26-45(43)67(47)12/h13-19,23-30,41H,1-3,20-22,31-38H2,4-12H3,(H2-,61,62,63,64,71,72)/p+1. The van der Waals surface area contributed by atoms with E-state index in [1.807, 2.05) is 6.92 Å². The number of fused-ring (bicyclic) bond motifs is 2. The second-order valence-electron chi connectivity index (χ2n) is 22.8. The molecule has 1 saturated carbocycles. The lowest BCUT2D eigenvalue weighted by molar-refractivity contribution is -0.401. The minimum absolute atomic E-state index is 0.182. The first kappa shape index (κ1) is 58.6. The Labute approximate surface area is 466 Å². The Balaban J connectivity index is 1.04. The third-order valence-electron chi connectivity index (χ3n) is 15.1. The fourth-order valence-corrected chi connectivity index (χ4v) is 13.5. The molecule has 1 fully saturated rings. The molecule has 0 radical (unpaired) electrons. The number of thioether (sulfide) groups is 1. The normalized spacial score (nSPS) is 21.1. The van der Waals surface area contributed by atoms with Crippen LogP contribution in [-0.2, 0) is 44.2 Å². The van der Waals surface area contributed by atoms with Gasteiger partial charge in [-0.1, -0.05) is 126 Å². The second kappa shape index (κ2) is 24.3. The molecule has 0 saturated heterocycles. The van der Waals surface area contributed by atoms with Crippen molar-refractivity contribution >= 4 is 75.3 Å². The van der Waals surface area contributed by atoms with Crippen LogP contribution >= 0.6 is 23.1 Å². The highest BCUT2D eigenvalue weighted by Gasteiger charge is 2.45. The van der Waals surface area contributed by atoms with Crippen molar-refractivity contribution in [2.24, 2.45) is 16.2 Å². The van der Waals surface area contributed by atoms with E-state index in [0.717, 1.165) is 48.8 Å². The topological polar surface area (TPSA) is 190 Å². The average molecular weight is 1100 g/mol. The molecule has 2 aliphatic carbocycles. The van der Waals surface area contributed by atoms with Gasteiger partial charge in [0.05, 0.1) is 5.41 Å². The number of nitrogens with one attached hydrogen (secondary N) is 3. The molecule has 3 N–H and O–H groups in total. The number of allylic oxidation sites excluding steroid dienone is 7. The van der Waals surface area contributed by atoms with Crippen molar-refractivity contribution in [1.29, 1.82) is 0 Å². The van der Waals surface area contributed by atoms with Crippen molar-refractivity contribution < 1.29 is 47.5 Å². The molecule has 414 valence electrons. The summed E-state index contributed by atoms with van der Waals surface area (Å²) in [6.45, 7) is 23.9. The Morgan fingerprint density at radius 3 is 2.04 bits per heavy atom. The molecule has 1 aromatic heterocycles. The zero-order valence-electron chi connectivity index (χ0n) is 46.4. The van der Waals surface area contributed by atoms with Gasteiger partial charge >= 0.3 is 30.0 Å². The number of urea groups is 1. The number of esters is 3. The van der Waals surface area contributed by atoms with E-state index in [2.05, 4.69) is 184 Å². The van der Waals surface area contributed by atoms with E-state index in [9.17, 15) is 24.0 Å². The van der Waals surface area contributed by atoms with Gasteiger partial charge in [0.15, 0.2) is 10.1 Å². The van der Waals surface area contributed by atoms with Crippen LogP contribution in [0.4, 0.5) is 26.1 Å². The van der Waals surface area contributed by atoms with Crippen molar-refractivity contribution in [3.05, 3.63) is 144 Å². The number of carbonyl (C=O) groups excluding carboxylic acids is 5. The summed E-state index contributed by atoms with van der Waals surface area (Å²) in [7, 11) is 4.27. The summed E-state index contributed by atoms with van der Waals surface area (Å²) in [5.41, 5.74) is 7.34. The van der Waals surface area contributed by atoms with E-state index in [1.165, 1.54) is 56.4 Å². The van der Waals surface area contributed by atoms with Gasteiger partial charge in [0.25, 0.3) is 0 Å². The Morgan fingerprint density at radius 2 is 1.41 bits per heavy atom. The third kappa shape index (κ3) is 13.8. The van der Waals surface area contributed by atoms with Crippen molar-refractivity contribution in [3.8, 4) is 0 Å². The molecule has 78 heavy (non-hydrogen) atoms. The maximum Gasteiger partial charge on any atom is 0.407 e. The molecular weight excluding hydrogens is 1030 g/mol. The van der Waals surface area contributed by atoms with Gasteiger partial charge < -0.3 is 34.5 Å². The number of carbonyl (C=O) groups is 5. The van der Waals surface area contributed by atoms with Gasteiger partial charge in [-0.05, 0) is 92.1 Å². The fourth-order valence-electron chi connectivity index (χ4n) is 11.5. The van der Waals surface area contributed by atoms with Crippen LogP contribution in [0.15, 0.2) is 137 Å². The molecule has 2 aliphatic heterocycles. The van der Waals surface area contributed by atoms with E-state index in [-0.39, 0.29) is 28.8 Å². The molecule has 2 aromatic carbocycles. The number of amides is 3. The van der Waals surface area contributed by atoms with Crippen molar-refractivity contribution in [2.45, 2.75) is 108 Å². The number of alkyl carbamates (subject to hydrolysis) is 1. The average Bonchev–Trinajstić information content (AvgIpc) is 3.99. The molecule has 18 heteroatoms. The number of nitrogens with zero attached hydrogens (tertiary/aromatic N) is 4. The Kier molecular flexibility index (Phi) is 18.3. The van der Waals surface area contributed by atoms with Gasteiger partial charge in [-0.2, -0.15) is 4.58 Å². The third-order valence-corrected chi connectivity index (χ3v) is 17.2. The number of hydrogen-bond acceptors (Lipinski definition) is 14. The highest BCUT2D eigenvalue weighted by Crippen LogP contribution is 2.49. The van der Waals surface area contributed by atoms with Crippen LogP contribution in [0.25, 0.3) is 0 Å². The number of anilines is 2. The fraction of sp³-hybridized carbons (Fsp3) is 0.433. The van der Waals surface area contributed by atoms with E-state index >= 15 is 0 Å². The van der Waals surface area contributed by atoms with Crippen LogP contribution in [0.3, 0.4) is 0 Å². The molecule has 16 nitrogen and oxygen atoms in total. The summed E-state index contributed by atoms with van der Waals surface area (Å²) >= 11 is 2.91. The van der Waals surface area contributed by atoms with E-state index in [1.54, 1.807) is 11.8 Å². The largest absolute Gasteiger partial charge is 0.462 e. The van der Waals surface area contributed by atoms with Gasteiger partial charge in [-0.3, -0.25) is 5.32 Å². The van der Waals surface area contributed by atoms with Crippen molar-refractivity contribution in [1.82, 2.24) is 20.8 Å². The predicted molar refractivity (Wildman–Crippen MR) is 307 cm³/mol. The second-order valence-corrected chi connectivity index (χ2v) is 25.0. The van der Waals surface area contributed by atoms with Crippen LogP contribution in [0.2, 0.25) is 0 Å². The molecule has 4 aliphatic rings. The smallest absolute Gasteiger partial charge is 0.407 e. The van der Waals surface area contributed by atoms with Gasteiger partial charge in [-0.25, -0.2) is 24.0 Å². The predicted octanol–water partition coefficient (Wildman–Crippen LogP) is 11.2. The summed E-state index contributed by atoms with van der Waals surface area (Å²) in [6, 6.07) is 16.5. The first-order valence-electron chi connectivity index (χ1n) is 26.2. The highest BCUT2D eigenvalue weighted by atomic mass is 32.2. The lowest BCUT2D eigenvalue weighted by Gasteiger charge is -2.46. The molecule has 3 heterocycles. The number of rotatable bonds is 20. The van der Waals surface area contributed by atoms with Crippen molar-refractivity contribution in [3.63, 3.8) is 0 Å². The van der Waals surface area contributed by atoms with E-state index in [0.29, 0.717) is 22.3 Å². The molecule has 0 spiro atoms. The molecule has 3 aromatic rings. The molecule has 2 unspecified atom stereocenters. The number of benzene rings is 2. The SMILES string of the molecule is C=CC(=O)OCC(COC(=O)C=C)(COC(=O)C=C)COC(=O)NCC1(C)CC(NC(=O)Nc2nnc(SC3=C(/C=C/C4=[N+](C)c5ccccc5C4(C)C)CCC/C3=C\C=C3\N(C)c4ccccc4C3(C)C)s2)CC(C)(C)C1. The number of ether oxygens (including phenoxy) is 4. The summed E-state index contributed by atoms with van der Waals surface area (Å²) in [5, 5.41) is 18.4. The monoisotopic (exact) mass is 1100 g/mol. The van der Waals surface area contributed by atoms with Crippen LogP contribution in [0.5, 0.6) is 0 Å². The van der Waals surface area contributed by atoms with Crippen LogP contribution in [0.1, 0.15) is 98.1 Å². The first-order valence-corrected chi connectivity index (χ1v) is 27.8. The minimum Gasteiger partial charge on any atom is -0.462 e. The van der Waals surface area contributed by atoms with E-state index in [4.69, 9.17) is 18.9 Å². The molecular formula is C60H74N7O9S2+. The maximum atomic E-state index is 13.8. The quantitative estimate of drug-likeness (QED) is 0.0319. The Morgan fingerprint density at radius 1 is 0.795 bits per heavy atom. The number of para-hydroxylation sites is 2.